The second kappa shape index (κ2) is 11.9. The van der Waals surface area contributed by atoms with Crippen molar-refractivity contribution >= 4 is 39.7 Å². The van der Waals surface area contributed by atoms with Crippen LogP contribution in [0.3, 0.4) is 0 Å². The Labute approximate surface area is 287 Å². The van der Waals surface area contributed by atoms with Crippen molar-refractivity contribution < 1.29 is 0 Å². The Kier molecular flexibility index (Phi) is 7.45. The van der Waals surface area contributed by atoms with Gasteiger partial charge in [0.05, 0.1) is 5.69 Å². The molecule has 4 unspecified atom stereocenters. The van der Waals surface area contributed by atoms with Crippen LogP contribution in [0, 0.1) is 5.92 Å². The lowest BCUT2D eigenvalue weighted by molar-refractivity contribution is 0.230. The van der Waals surface area contributed by atoms with E-state index in [0.717, 1.165) is 41.9 Å². The topological polar surface area (TPSA) is 9.72 Å². The number of anilines is 3. The molecule has 9 rings (SSSR count). The maximum absolute atomic E-state index is 2.79. The van der Waals surface area contributed by atoms with E-state index in [4.69, 9.17) is 0 Å². The Balaban J connectivity index is 1.10. The number of hydrogen-bond donors (Lipinski definition) is 0. The molecule has 0 bridgehead atoms. The number of benzene rings is 2. The van der Waals surface area contributed by atoms with Crippen LogP contribution >= 0.6 is 22.6 Å². The van der Waals surface area contributed by atoms with Gasteiger partial charge in [-0.05, 0) is 130 Å². The normalized spacial score (nSPS) is 27.8. The van der Waals surface area contributed by atoms with Crippen molar-refractivity contribution in [2.24, 2.45) is 5.92 Å². The maximum Gasteiger partial charge on any atom is 0.0518 e. The van der Waals surface area contributed by atoms with Crippen molar-refractivity contribution in [3.63, 3.8) is 0 Å². The van der Waals surface area contributed by atoms with Crippen LogP contribution in [0.5, 0.6) is 0 Å². The summed E-state index contributed by atoms with van der Waals surface area (Å²) in [6.45, 7) is 0. The van der Waals surface area contributed by atoms with Crippen LogP contribution in [0.15, 0.2) is 143 Å². The SMILES string of the molecule is IC1CCC2C3=C(C=CCC3)N(C3=CC=C(N(C4=CCCC=C4)c4ccc5c(c4)N(c4ccccc4)C4=CC=CCC45)CC3)C2C1. The van der Waals surface area contributed by atoms with E-state index in [1.165, 1.54) is 83.2 Å². The van der Waals surface area contributed by atoms with E-state index in [1.54, 1.807) is 5.57 Å². The molecule has 4 heteroatoms. The van der Waals surface area contributed by atoms with Crippen LogP contribution in [0.2, 0.25) is 0 Å². The molecular weight excluding hydrogens is 673 g/mol. The quantitative estimate of drug-likeness (QED) is 0.225. The average molecular weight is 716 g/mol. The first kappa shape index (κ1) is 28.7. The molecule has 1 fully saturated rings. The molecular formula is C42H42IN3. The van der Waals surface area contributed by atoms with Crippen LogP contribution in [0.25, 0.3) is 0 Å². The number of para-hydroxylation sites is 1. The minimum atomic E-state index is 0.412. The molecule has 0 saturated heterocycles. The van der Waals surface area contributed by atoms with E-state index in [9.17, 15) is 0 Å². The highest BCUT2D eigenvalue weighted by Gasteiger charge is 2.44. The summed E-state index contributed by atoms with van der Waals surface area (Å²) < 4.78 is 0.785. The van der Waals surface area contributed by atoms with Gasteiger partial charge in [0.2, 0.25) is 0 Å². The molecule has 0 radical (unpaired) electrons. The number of alkyl halides is 1. The predicted octanol–water partition coefficient (Wildman–Crippen LogP) is 11.3. The first-order valence-corrected chi connectivity index (χ1v) is 18.7. The Morgan fingerprint density at radius 1 is 0.826 bits per heavy atom. The van der Waals surface area contributed by atoms with Gasteiger partial charge in [0.1, 0.15) is 0 Å². The van der Waals surface area contributed by atoms with Gasteiger partial charge in [0.15, 0.2) is 0 Å². The van der Waals surface area contributed by atoms with Gasteiger partial charge in [0.25, 0.3) is 0 Å². The fraction of sp³-hybridized carbons (Fsp3) is 0.333. The summed E-state index contributed by atoms with van der Waals surface area (Å²) >= 11 is 2.71. The zero-order chi connectivity index (χ0) is 30.6. The third kappa shape index (κ3) is 4.82. The van der Waals surface area contributed by atoms with Crippen molar-refractivity contribution in [2.45, 2.75) is 80.1 Å². The average Bonchev–Trinajstić information content (AvgIpc) is 3.61. The fourth-order valence-electron chi connectivity index (χ4n) is 9.16. The Morgan fingerprint density at radius 2 is 1.74 bits per heavy atom. The van der Waals surface area contributed by atoms with Gasteiger partial charge in [0, 0.05) is 61.7 Å². The Morgan fingerprint density at radius 3 is 2.59 bits per heavy atom. The molecule has 2 aliphatic heterocycles. The van der Waals surface area contributed by atoms with Gasteiger partial charge in [-0.1, -0.05) is 77.2 Å². The molecule has 0 spiro atoms. The van der Waals surface area contributed by atoms with Crippen LogP contribution < -0.4 is 9.80 Å². The molecule has 7 aliphatic rings. The van der Waals surface area contributed by atoms with Gasteiger partial charge in [-0.3, -0.25) is 0 Å². The van der Waals surface area contributed by atoms with Gasteiger partial charge < -0.3 is 14.7 Å². The van der Waals surface area contributed by atoms with Crippen molar-refractivity contribution in [1.82, 2.24) is 4.90 Å². The smallest absolute Gasteiger partial charge is 0.0518 e. The highest BCUT2D eigenvalue weighted by molar-refractivity contribution is 14.1. The number of fused-ring (bicyclic) bond motifs is 5. The van der Waals surface area contributed by atoms with E-state index in [0.29, 0.717) is 12.0 Å². The number of halogens is 1. The van der Waals surface area contributed by atoms with Gasteiger partial charge in [-0.2, -0.15) is 0 Å². The van der Waals surface area contributed by atoms with Crippen LogP contribution in [-0.4, -0.2) is 14.9 Å². The molecule has 232 valence electrons. The predicted molar refractivity (Wildman–Crippen MR) is 200 cm³/mol. The maximum atomic E-state index is 2.79. The first-order valence-electron chi connectivity index (χ1n) is 17.5. The van der Waals surface area contributed by atoms with Gasteiger partial charge in [-0.25, -0.2) is 0 Å². The van der Waals surface area contributed by atoms with Crippen molar-refractivity contribution in [3.8, 4) is 0 Å². The molecule has 2 heterocycles. The summed E-state index contributed by atoms with van der Waals surface area (Å²) in [7, 11) is 0. The van der Waals surface area contributed by atoms with Crippen molar-refractivity contribution in [3.05, 3.63) is 149 Å². The first-order chi connectivity index (χ1) is 22.7. The van der Waals surface area contributed by atoms with Crippen molar-refractivity contribution in [2.75, 3.05) is 9.80 Å². The summed E-state index contributed by atoms with van der Waals surface area (Å²) in [4.78, 5) is 7.84. The minimum Gasteiger partial charge on any atom is -0.341 e. The van der Waals surface area contributed by atoms with E-state index in [1.807, 2.05) is 0 Å². The minimum absolute atomic E-state index is 0.412. The molecule has 0 aromatic heterocycles. The number of rotatable bonds is 5. The second-order valence-corrected chi connectivity index (χ2v) is 15.5. The summed E-state index contributed by atoms with van der Waals surface area (Å²) in [5, 5.41) is 0. The number of nitrogens with zero attached hydrogens (tertiary/aromatic N) is 3. The van der Waals surface area contributed by atoms with Crippen molar-refractivity contribution in [1.29, 1.82) is 0 Å². The monoisotopic (exact) mass is 715 g/mol. The lowest BCUT2D eigenvalue weighted by Gasteiger charge is -2.39. The second-order valence-electron chi connectivity index (χ2n) is 13.8. The van der Waals surface area contributed by atoms with Gasteiger partial charge >= 0.3 is 0 Å². The lowest BCUT2D eigenvalue weighted by atomic mass is 9.79. The standard InChI is InChI=1S/C42H42IN3/c43-29-19-25-37-35-15-7-10-18-40(35)46(41(37)27-29)33-22-20-32(21-23-33)44(30-11-3-1-4-12-30)34-24-26-38-36-16-8-9-17-39(36)45(42(38)28-34)31-13-5-2-6-14-31/h2-3,5-6,8-14,17-18,20,22,24,26,28-29,36-37,41H,1,4,7,15-16,19,21,23,25,27H2. The number of hydrogen-bond acceptors (Lipinski definition) is 3. The fourth-order valence-corrected chi connectivity index (χ4v) is 10.0. The van der Waals surface area contributed by atoms with E-state index < -0.39 is 0 Å². The zero-order valence-electron chi connectivity index (χ0n) is 26.5. The summed E-state index contributed by atoms with van der Waals surface area (Å²) in [5.74, 6) is 1.16. The van der Waals surface area contributed by atoms with Crippen LogP contribution in [0.1, 0.15) is 75.7 Å². The Hall–Kier alpha value is -3.51. The molecule has 2 aromatic rings. The molecule has 2 aromatic carbocycles. The third-order valence-electron chi connectivity index (χ3n) is 11.2. The molecule has 4 atom stereocenters. The van der Waals surface area contributed by atoms with Crippen LogP contribution in [0.4, 0.5) is 17.1 Å². The summed E-state index contributed by atoms with van der Waals surface area (Å²) in [6, 6.07) is 18.8. The van der Waals surface area contributed by atoms with E-state index in [-0.39, 0.29) is 0 Å². The lowest BCUT2D eigenvalue weighted by Crippen LogP contribution is -2.39. The molecule has 1 saturated carbocycles. The van der Waals surface area contributed by atoms with E-state index in [2.05, 4.69) is 147 Å². The number of allylic oxidation sites excluding steroid dienone is 13. The highest BCUT2D eigenvalue weighted by atomic mass is 127. The molecule has 5 aliphatic carbocycles. The third-order valence-corrected chi connectivity index (χ3v) is 12.3. The molecule has 0 N–H and O–H groups in total. The zero-order valence-corrected chi connectivity index (χ0v) is 28.6. The largest absolute Gasteiger partial charge is 0.341 e. The molecule has 46 heavy (non-hydrogen) atoms. The van der Waals surface area contributed by atoms with E-state index >= 15 is 0 Å². The Bertz CT molecular complexity index is 1800. The van der Waals surface area contributed by atoms with Crippen LogP contribution in [-0.2, 0) is 0 Å². The highest BCUT2D eigenvalue weighted by Crippen LogP contribution is 2.53. The summed E-state index contributed by atoms with van der Waals surface area (Å²) in [6.07, 6.45) is 35.7. The van der Waals surface area contributed by atoms with Gasteiger partial charge in [-0.15, -0.1) is 0 Å². The summed E-state index contributed by atoms with van der Waals surface area (Å²) in [5.41, 5.74) is 14.1. The molecule has 0 amide bonds. The molecule has 3 nitrogen and oxygen atoms in total.